The molecule has 3 nitrogen and oxygen atoms in total. The second-order valence-electron chi connectivity index (χ2n) is 5.07. The molecule has 2 rings (SSSR count). The Kier molecular flexibility index (Phi) is 4.91. The number of nitrogens with zero attached hydrogens (tertiary/aromatic N) is 1. The van der Waals surface area contributed by atoms with E-state index in [9.17, 15) is 9.18 Å². The smallest absolute Gasteiger partial charge is 0.224 e. The third kappa shape index (κ3) is 3.77. The van der Waals surface area contributed by atoms with Gasteiger partial charge in [0.2, 0.25) is 5.91 Å². The summed E-state index contributed by atoms with van der Waals surface area (Å²) in [4.78, 5) is 14.1. The summed E-state index contributed by atoms with van der Waals surface area (Å²) < 4.78 is 12.9. The summed E-state index contributed by atoms with van der Waals surface area (Å²) in [6, 6.07) is 6.86. The molecule has 0 spiro atoms. The van der Waals surface area contributed by atoms with Crippen molar-refractivity contribution < 1.29 is 9.18 Å². The number of benzene rings is 1. The second-order valence-corrected chi connectivity index (χ2v) is 5.07. The van der Waals surface area contributed by atoms with Gasteiger partial charge in [-0.25, -0.2) is 4.39 Å². The molecule has 1 aliphatic rings. The van der Waals surface area contributed by atoms with Gasteiger partial charge < -0.3 is 10.2 Å². The first-order valence-electron chi connectivity index (χ1n) is 6.89. The van der Waals surface area contributed by atoms with E-state index in [1.54, 1.807) is 0 Å². The molecule has 0 saturated carbocycles. The van der Waals surface area contributed by atoms with Crippen LogP contribution in [0, 0.1) is 5.82 Å². The van der Waals surface area contributed by atoms with Gasteiger partial charge in [0.1, 0.15) is 5.82 Å². The molecule has 1 fully saturated rings. The van der Waals surface area contributed by atoms with Crippen molar-refractivity contribution in [3.05, 3.63) is 35.6 Å². The van der Waals surface area contributed by atoms with Crippen LogP contribution in [-0.4, -0.2) is 37.0 Å². The van der Waals surface area contributed by atoms with Crippen LogP contribution in [0.1, 0.15) is 24.8 Å². The molecule has 1 atom stereocenters. The highest BCUT2D eigenvalue weighted by molar-refractivity contribution is 5.77. The SMILES string of the molecule is CNCCC(=O)N1CCCC1Cc1ccc(F)cc1. The molecule has 1 N–H and O–H groups in total. The number of amides is 1. The summed E-state index contributed by atoms with van der Waals surface area (Å²) in [6.45, 7) is 1.58. The summed E-state index contributed by atoms with van der Waals surface area (Å²) in [5, 5.41) is 3.00. The van der Waals surface area contributed by atoms with E-state index < -0.39 is 0 Å². The van der Waals surface area contributed by atoms with E-state index in [0.29, 0.717) is 6.42 Å². The molecule has 0 aromatic heterocycles. The van der Waals surface area contributed by atoms with Crippen molar-refractivity contribution in [1.82, 2.24) is 10.2 Å². The maximum absolute atomic E-state index is 12.9. The molecular formula is C15H21FN2O. The van der Waals surface area contributed by atoms with E-state index in [0.717, 1.165) is 37.9 Å². The monoisotopic (exact) mass is 264 g/mol. The van der Waals surface area contributed by atoms with Crippen molar-refractivity contribution in [3.63, 3.8) is 0 Å². The van der Waals surface area contributed by atoms with Crippen LogP contribution in [0.2, 0.25) is 0 Å². The van der Waals surface area contributed by atoms with Crippen molar-refractivity contribution >= 4 is 5.91 Å². The number of nitrogens with one attached hydrogen (secondary N) is 1. The minimum atomic E-state index is -0.211. The molecule has 104 valence electrons. The number of carbonyl (C=O) groups excluding carboxylic acids is 1. The third-order valence-electron chi connectivity index (χ3n) is 3.67. The van der Waals surface area contributed by atoms with Crippen molar-refractivity contribution in [1.29, 1.82) is 0 Å². The first kappa shape index (κ1) is 14.0. The van der Waals surface area contributed by atoms with Crippen LogP contribution < -0.4 is 5.32 Å². The Balaban J connectivity index is 1.95. The Morgan fingerprint density at radius 1 is 1.42 bits per heavy atom. The summed E-state index contributed by atoms with van der Waals surface area (Å²) in [5.41, 5.74) is 1.10. The van der Waals surface area contributed by atoms with Crippen molar-refractivity contribution in [3.8, 4) is 0 Å². The third-order valence-corrected chi connectivity index (χ3v) is 3.67. The largest absolute Gasteiger partial charge is 0.339 e. The van der Waals surface area contributed by atoms with Crippen LogP contribution in [0.4, 0.5) is 4.39 Å². The molecule has 1 aliphatic heterocycles. The van der Waals surface area contributed by atoms with Gasteiger partial charge in [-0.15, -0.1) is 0 Å². The molecule has 0 bridgehead atoms. The Bertz CT molecular complexity index is 419. The normalized spacial score (nSPS) is 18.8. The number of carbonyl (C=O) groups is 1. The van der Waals surface area contributed by atoms with Crippen molar-refractivity contribution in [2.75, 3.05) is 20.1 Å². The maximum atomic E-state index is 12.9. The van der Waals surface area contributed by atoms with Gasteiger partial charge in [0, 0.05) is 25.6 Å². The molecular weight excluding hydrogens is 243 g/mol. The van der Waals surface area contributed by atoms with Gasteiger partial charge in [-0.3, -0.25) is 4.79 Å². The number of rotatable bonds is 5. The minimum absolute atomic E-state index is 0.211. The van der Waals surface area contributed by atoms with E-state index in [1.165, 1.54) is 12.1 Å². The lowest BCUT2D eigenvalue weighted by Crippen LogP contribution is -2.37. The Hall–Kier alpha value is -1.42. The van der Waals surface area contributed by atoms with Crippen molar-refractivity contribution in [2.45, 2.75) is 31.7 Å². The predicted octanol–water partition coefficient (Wildman–Crippen LogP) is 1.97. The Morgan fingerprint density at radius 3 is 2.84 bits per heavy atom. The number of likely N-dealkylation sites (tertiary alicyclic amines) is 1. The number of hydrogen-bond acceptors (Lipinski definition) is 2. The zero-order valence-electron chi connectivity index (χ0n) is 11.4. The minimum Gasteiger partial charge on any atom is -0.339 e. The fourth-order valence-electron chi connectivity index (χ4n) is 2.64. The molecule has 19 heavy (non-hydrogen) atoms. The molecule has 1 heterocycles. The molecule has 0 aliphatic carbocycles. The lowest BCUT2D eigenvalue weighted by molar-refractivity contribution is -0.131. The van der Waals surface area contributed by atoms with Gasteiger partial charge in [-0.05, 0) is 44.0 Å². The highest BCUT2D eigenvalue weighted by atomic mass is 19.1. The first-order chi connectivity index (χ1) is 9.20. The van der Waals surface area contributed by atoms with Gasteiger partial charge in [0.05, 0.1) is 0 Å². The van der Waals surface area contributed by atoms with Crippen LogP contribution >= 0.6 is 0 Å². The standard InChI is InChI=1S/C15H21FN2O/c1-17-9-8-15(19)18-10-2-3-14(18)11-12-4-6-13(16)7-5-12/h4-7,14,17H,2-3,8-11H2,1H3. The topological polar surface area (TPSA) is 32.3 Å². The van der Waals surface area contributed by atoms with Gasteiger partial charge in [-0.1, -0.05) is 12.1 Å². The fraction of sp³-hybridized carbons (Fsp3) is 0.533. The van der Waals surface area contributed by atoms with E-state index in [-0.39, 0.29) is 17.8 Å². The molecule has 4 heteroatoms. The molecule has 0 radical (unpaired) electrons. The Morgan fingerprint density at radius 2 is 2.16 bits per heavy atom. The van der Waals surface area contributed by atoms with E-state index in [1.807, 2.05) is 24.1 Å². The van der Waals surface area contributed by atoms with E-state index in [4.69, 9.17) is 0 Å². The predicted molar refractivity (Wildman–Crippen MR) is 73.4 cm³/mol. The summed E-state index contributed by atoms with van der Waals surface area (Å²) in [7, 11) is 1.85. The zero-order chi connectivity index (χ0) is 13.7. The van der Waals surface area contributed by atoms with Gasteiger partial charge in [0.25, 0.3) is 0 Å². The van der Waals surface area contributed by atoms with Gasteiger partial charge >= 0.3 is 0 Å². The summed E-state index contributed by atoms with van der Waals surface area (Å²) in [6.07, 6.45) is 3.49. The van der Waals surface area contributed by atoms with Gasteiger partial charge in [-0.2, -0.15) is 0 Å². The van der Waals surface area contributed by atoms with Crippen LogP contribution in [0.3, 0.4) is 0 Å². The van der Waals surface area contributed by atoms with Crippen LogP contribution in [0.15, 0.2) is 24.3 Å². The molecule has 1 amide bonds. The highest BCUT2D eigenvalue weighted by Gasteiger charge is 2.28. The maximum Gasteiger partial charge on any atom is 0.224 e. The summed E-state index contributed by atoms with van der Waals surface area (Å²) in [5.74, 6) is 0.0103. The van der Waals surface area contributed by atoms with E-state index in [2.05, 4.69) is 5.32 Å². The molecule has 1 aromatic rings. The van der Waals surface area contributed by atoms with Crippen molar-refractivity contribution in [2.24, 2.45) is 0 Å². The zero-order valence-corrected chi connectivity index (χ0v) is 11.4. The van der Waals surface area contributed by atoms with Crippen LogP contribution in [0.5, 0.6) is 0 Å². The Labute approximate surface area is 113 Å². The number of halogens is 1. The van der Waals surface area contributed by atoms with Crippen LogP contribution in [0.25, 0.3) is 0 Å². The van der Waals surface area contributed by atoms with Gasteiger partial charge in [0.15, 0.2) is 0 Å². The highest BCUT2D eigenvalue weighted by Crippen LogP contribution is 2.22. The average molecular weight is 264 g/mol. The lowest BCUT2D eigenvalue weighted by Gasteiger charge is -2.25. The quantitative estimate of drug-likeness (QED) is 0.882. The fourth-order valence-corrected chi connectivity index (χ4v) is 2.64. The van der Waals surface area contributed by atoms with Crippen LogP contribution in [-0.2, 0) is 11.2 Å². The summed E-state index contributed by atoms with van der Waals surface area (Å²) >= 11 is 0. The second kappa shape index (κ2) is 6.66. The molecule has 1 aromatic carbocycles. The lowest BCUT2D eigenvalue weighted by atomic mass is 10.0. The average Bonchev–Trinajstić information content (AvgIpc) is 2.87. The molecule has 1 saturated heterocycles. The number of hydrogen-bond donors (Lipinski definition) is 1. The first-order valence-corrected chi connectivity index (χ1v) is 6.89. The molecule has 1 unspecified atom stereocenters. The van der Waals surface area contributed by atoms with E-state index >= 15 is 0 Å².